The van der Waals surface area contributed by atoms with E-state index >= 15 is 0 Å². The Bertz CT molecular complexity index is 482. The molecule has 1 aromatic carbocycles. The Morgan fingerprint density at radius 3 is 2.35 bits per heavy atom. The topological polar surface area (TPSA) is 109 Å². The van der Waals surface area contributed by atoms with E-state index in [0.717, 1.165) is 5.56 Å². The van der Waals surface area contributed by atoms with Gasteiger partial charge in [0.05, 0.1) is 11.3 Å². The zero-order chi connectivity index (χ0) is 12.9. The predicted molar refractivity (Wildman–Crippen MR) is 61.8 cm³/mol. The second-order valence-electron chi connectivity index (χ2n) is 3.39. The molecule has 7 heteroatoms. The van der Waals surface area contributed by atoms with E-state index in [-0.39, 0.29) is 17.9 Å². The highest BCUT2D eigenvalue weighted by molar-refractivity contribution is 7.89. The summed E-state index contributed by atoms with van der Waals surface area (Å²) < 4.78 is 25.6. The van der Waals surface area contributed by atoms with Crippen LogP contribution in [0.2, 0.25) is 0 Å². The molecule has 0 bridgehead atoms. The molecule has 0 fully saturated rings. The highest BCUT2D eigenvalue weighted by Gasteiger charge is 2.13. The van der Waals surface area contributed by atoms with Crippen LogP contribution in [0.5, 0.6) is 0 Å². The summed E-state index contributed by atoms with van der Waals surface area (Å²) in [7, 11) is -3.64. The van der Waals surface area contributed by atoms with Crippen LogP contribution in [0, 0.1) is 0 Å². The predicted octanol–water partition coefficient (Wildman–Crippen LogP) is -0.102. The van der Waals surface area contributed by atoms with E-state index in [1.807, 2.05) is 0 Å². The van der Waals surface area contributed by atoms with Gasteiger partial charge in [-0.1, -0.05) is 12.1 Å². The van der Waals surface area contributed by atoms with Crippen LogP contribution >= 0.6 is 0 Å². The molecule has 0 spiro atoms. The molecule has 0 aliphatic rings. The van der Waals surface area contributed by atoms with Gasteiger partial charge < -0.3 is 10.8 Å². The van der Waals surface area contributed by atoms with Crippen LogP contribution in [0.1, 0.15) is 12.0 Å². The zero-order valence-corrected chi connectivity index (χ0v) is 9.90. The first kappa shape index (κ1) is 13.6. The second kappa shape index (κ2) is 5.76. The summed E-state index contributed by atoms with van der Waals surface area (Å²) >= 11 is 0. The smallest absolute Gasteiger partial charge is 0.304 e. The highest BCUT2D eigenvalue weighted by atomic mass is 32.2. The van der Waals surface area contributed by atoms with Crippen molar-refractivity contribution < 1.29 is 18.3 Å². The minimum Gasteiger partial charge on any atom is -0.481 e. The van der Waals surface area contributed by atoms with Gasteiger partial charge in [-0.15, -0.1) is 0 Å². The van der Waals surface area contributed by atoms with Crippen LogP contribution < -0.4 is 10.5 Å². The molecule has 0 aromatic heterocycles. The number of sulfonamides is 1. The van der Waals surface area contributed by atoms with Gasteiger partial charge in [0.1, 0.15) is 0 Å². The normalized spacial score (nSPS) is 11.4. The highest BCUT2D eigenvalue weighted by Crippen LogP contribution is 2.09. The molecule has 0 saturated heterocycles. The molecule has 0 heterocycles. The molecule has 94 valence electrons. The molecule has 17 heavy (non-hydrogen) atoms. The van der Waals surface area contributed by atoms with Crippen LogP contribution in [-0.2, 0) is 21.4 Å². The Balaban J connectivity index is 2.72. The van der Waals surface area contributed by atoms with Crippen LogP contribution in [0.15, 0.2) is 29.2 Å². The number of rotatable bonds is 6. The van der Waals surface area contributed by atoms with Crippen molar-refractivity contribution in [2.24, 2.45) is 5.73 Å². The maximum absolute atomic E-state index is 11.7. The maximum Gasteiger partial charge on any atom is 0.304 e. The monoisotopic (exact) mass is 258 g/mol. The largest absolute Gasteiger partial charge is 0.481 e. The van der Waals surface area contributed by atoms with Crippen molar-refractivity contribution in [2.45, 2.75) is 17.9 Å². The lowest BCUT2D eigenvalue weighted by molar-refractivity contribution is -0.136. The third-order valence-electron chi connectivity index (χ3n) is 2.10. The Morgan fingerprint density at radius 2 is 1.88 bits per heavy atom. The number of hydrogen-bond acceptors (Lipinski definition) is 4. The first-order valence-corrected chi connectivity index (χ1v) is 6.44. The Hall–Kier alpha value is -1.44. The van der Waals surface area contributed by atoms with Crippen molar-refractivity contribution in [2.75, 3.05) is 6.54 Å². The number of nitrogens with two attached hydrogens (primary N) is 1. The number of carbonyl (C=O) groups is 1. The van der Waals surface area contributed by atoms with Crippen LogP contribution in [0.25, 0.3) is 0 Å². The van der Waals surface area contributed by atoms with E-state index in [9.17, 15) is 13.2 Å². The molecule has 0 aliphatic heterocycles. The van der Waals surface area contributed by atoms with Crippen molar-refractivity contribution in [3.05, 3.63) is 29.8 Å². The summed E-state index contributed by atoms with van der Waals surface area (Å²) in [6.07, 6.45) is -0.250. The van der Waals surface area contributed by atoms with Crippen LogP contribution in [-0.4, -0.2) is 26.0 Å². The Labute approximate surface area is 99.5 Å². The zero-order valence-electron chi connectivity index (χ0n) is 9.09. The van der Waals surface area contributed by atoms with Gasteiger partial charge in [0.15, 0.2) is 0 Å². The fourth-order valence-corrected chi connectivity index (χ4v) is 2.21. The van der Waals surface area contributed by atoms with Crippen LogP contribution in [0.4, 0.5) is 0 Å². The number of benzene rings is 1. The molecule has 0 radical (unpaired) electrons. The summed E-state index contributed by atoms with van der Waals surface area (Å²) in [6.45, 7) is 0.211. The van der Waals surface area contributed by atoms with E-state index in [1.165, 1.54) is 12.1 Å². The summed E-state index contributed by atoms with van der Waals surface area (Å²) in [5.74, 6) is -1.05. The SMILES string of the molecule is NCc1ccc(S(=O)(=O)NCCC(=O)O)cc1. The lowest BCUT2D eigenvalue weighted by atomic mass is 10.2. The number of carboxylic acids is 1. The van der Waals surface area contributed by atoms with Gasteiger partial charge in [0.25, 0.3) is 0 Å². The lowest BCUT2D eigenvalue weighted by Crippen LogP contribution is -2.26. The van der Waals surface area contributed by atoms with Gasteiger partial charge in [-0.25, -0.2) is 13.1 Å². The van der Waals surface area contributed by atoms with E-state index in [2.05, 4.69) is 4.72 Å². The fraction of sp³-hybridized carbons (Fsp3) is 0.300. The maximum atomic E-state index is 11.7. The first-order chi connectivity index (χ1) is 7.95. The van der Waals surface area contributed by atoms with Gasteiger partial charge in [0.2, 0.25) is 10.0 Å². The van der Waals surface area contributed by atoms with Crippen molar-refractivity contribution in [3.63, 3.8) is 0 Å². The minimum absolute atomic E-state index is 0.0973. The van der Waals surface area contributed by atoms with Crippen LogP contribution in [0.3, 0.4) is 0 Å². The molecule has 1 rings (SSSR count). The molecule has 0 amide bonds. The molecule has 1 aromatic rings. The standard InChI is InChI=1S/C10H14N2O4S/c11-7-8-1-3-9(4-2-8)17(15,16)12-6-5-10(13)14/h1-4,12H,5-7,11H2,(H,13,14). The quantitative estimate of drug-likeness (QED) is 0.660. The molecule has 0 saturated carbocycles. The number of carboxylic acid groups (broad SMARTS) is 1. The molecule has 0 atom stereocenters. The number of nitrogens with one attached hydrogen (secondary N) is 1. The minimum atomic E-state index is -3.64. The van der Waals surface area contributed by atoms with Crippen molar-refractivity contribution >= 4 is 16.0 Å². The fourth-order valence-electron chi connectivity index (χ4n) is 1.18. The van der Waals surface area contributed by atoms with E-state index in [4.69, 9.17) is 10.8 Å². The van der Waals surface area contributed by atoms with Gasteiger partial charge >= 0.3 is 5.97 Å². The van der Waals surface area contributed by atoms with Gasteiger partial charge in [0, 0.05) is 13.1 Å². The Kier molecular flexibility index (Phi) is 4.62. The van der Waals surface area contributed by atoms with Crippen molar-refractivity contribution in [1.82, 2.24) is 4.72 Å². The third kappa shape index (κ3) is 4.14. The summed E-state index contributed by atoms with van der Waals surface area (Å²) in [6, 6.07) is 6.11. The average Bonchev–Trinajstić information content (AvgIpc) is 2.28. The van der Waals surface area contributed by atoms with Crippen molar-refractivity contribution in [1.29, 1.82) is 0 Å². The van der Waals surface area contributed by atoms with E-state index < -0.39 is 16.0 Å². The van der Waals surface area contributed by atoms with E-state index in [1.54, 1.807) is 12.1 Å². The third-order valence-corrected chi connectivity index (χ3v) is 3.58. The molecular weight excluding hydrogens is 244 g/mol. The summed E-state index contributed by atoms with van der Waals surface area (Å²) in [5.41, 5.74) is 6.22. The molecular formula is C10H14N2O4S. The van der Waals surface area contributed by atoms with Crippen molar-refractivity contribution in [3.8, 4) is 0 Å². The molecule has 0 unspecified atom stereocenters. The molecule has 0 aliphatic carbocycles. The number of hydrogen-bond donors (Lipinski definition) is 3. The summed E-state index contributed by atoms with van der Waals surface area (Å²) in [4.78, 5) is 10.4. The number of aliphatic carboxylic acids is 1. The van der Waals surface area contributed by atoms with Gasteiger partial charge in [-0.3, -0.25) is 4.79 Å². The second-order valence-corrected chi connectivity index (χ2v) is 5.16. The van der Waals surface area contributed by atoms with Gasteiger partial charge in [-0.05, 0) is 17.7 Å². The summed E-state index contributed by atoms with van der Waals surface area (Å²) in [5, 5.41) is 8.40. The molecule has 4 N–H and O–H groups in total. The Morgan fingerprint density at radius 1 is 1.29 bits per heavy atom. The van der Waals surface area contributed by atoms with E-state index in [0.29, 0.717) is 6.54 Å². The lowest BCUT2D eigenvalue weighted by Gasteiger charge is -2.06. The average molecular weight is 258 g/mol. The first-order valence-electron chi connectivity index (χ1n) is 4.96. The molecule has 6 nitrogen and oxygen atoms in total. The van der Waals surface area contributed by atoms with Gasteiger partial charge in [-0.2, -0.15) is 0 Å².